The topological polar surface area (TPSA) is 76.7 Å². The highest BCUT2D eigenvalue weighted by Gasteiger charge is 2.43. The van der Waals surface area contributed by atoms with Crippen LogP contribution in [0.2, 0.25) is 0 Å². The molecule has 0 saturated carbocycles. The summed E-state index contributed by atoms with van der Waals surface area (Å²) in [7, 11) is 0. The fraction of sp³-hybridized carbons (Fsp3) is 0.500. The van der Waals surface area contributed by atoms with E-state index < -0.39 is 6.10 Å². The highest BCUT2D eigenvalue weighted by atomic mass is 16.3. The zero-order valence-corrected chi connectivity index (χ0v) is 11.1. The highest BCUT2D eigenvalue weighted by molar-refractivity contribution is 5.34. The van der Waals surface area contributed by atoms with Gasteiger partial charge in [-0.25, -0.2) is 5.01 Å². The minimum atomic E-state index is -0.812. The van der Waals surface area contributed by atoms with E-state index >= 15 is 0 Å². The molecular formula is C14H17N3O2. The molecule has 1 heterocycles. The molecule has 0 amide bonds. The zero-order chi connectivity index (χ0) is 14.0. The second-order valence-corrected chi connectivity index (χ2v) is 5.53. The molecule has 1 aromatic rings. The van der Waals surface area contributed by atoms with Gasteiger partial charge in [-0.3, -0.25) is 0 Å². The Hall–Kier alpha value is -1.93. The van der Waals surface area contributed by atoms with Crippen LogP contribution < -0.4 is 0 Å². The summed E-state index contributed by atoms with van der Waals surface area (Å²) in [6.07, 6.45) is 0.697. The molecule has 2 unspecified atom stereocenters. The standard InChI is InChI=1S/C14H17N3O2/c1-14(2)7-6-12(17(14)16-19)13(18)11-5-3-4-10(8-11)9-15/h3-5,8,12-13,18H,6-7H2,1-2H3. The van der Waals surface area contributed by atoms with E-state index in [1.54, 1.807) is 24.3 Å². The maximum Gasteiger partial charge on any atom is 0.101 e. The number of aliphatic hydroxyl groups is 1. The molecular weight excluding hydrogens is 242 g/mol. The van der Waals surface area contributed by atoms with E-state index in [1.807, 2.05) is 19.9 Å². The maximum atomic E-state index is 11.0. The third kappa shape index (κ3) is 2.45. The number of nitrogens with zero attached hydrogens (tertiary/aromatic N) is 3. The van der Waals surface area contributed by atoms with E-state index in [2.05, 4.69) is 5.29 Å². The lowest BCUT2D eigenvalue weighted by Gasteiger charge is -2.32. The van der Waals surface area contributed by atoms with Gasteiger partial charge in [0.15, 0.2) is 0 Å². The van der Waals surface area contributed by atoms with Crippen LogP contribution in [0.25, 0.3) is 0 Å². The third-order valence-corrected chi connectivity index (χ3v) is 3.80. The van der Waals surface area contributed by atoms with Crippen LogP contribution in [-0.4, -0.2) is 21.7 Å². The number of benzene rings is 1. The second-order valence-electron chi connectivity index (χ2n) is 5.53. The van der Waals surface area contributed by atoms with Gasteiger partial charge in [0.2, 0.25) is 0 Å². The van der Waals surface area contributed by atoms with Gasteiger partial charge in [-0.1, -0.05) is 12.1 Å². The predicted octanol–water partition coefficient (Wildman–Crippen LogP) is 2.52. The second kappa shape index (κ2) is 4.98. The summed E-state index contributed by atoms with van der Waals surface area (Å²) in [5.41, 5.74) is 0.815. The summed E-state index contributed by atoms with van der Waals surface area (Å²) < 4.78 is 0. The predicted molar refractivity (Wildman–Crippen MR) is 70.9 cm³/mol. The van der Waals surface area contributed by atoms with Crippen molar-refractivity contribution in [1.29, 1.82) is 5.26 Å². The first-order valence-corrected chi connectivity index (χ1v) is 6.30. The van der Waals surface area contributed by atoms with E-state index in [0.717, 1.165) is 6.42 Å². The molecule has 0 aromatic heterocycles. The average Bonchev–Trinajstić information content (AvgIpc) is 2.72. The van der Waals surface area contributed by atoms with Crippen molar-refractivity contribution in [3.63, 3.8) is 0 Å². The van der Waals surface area contributed by atoms with Gasteiger partial charge >= 0.3 is 0 Å². The van der Waals surface area contributed by atoms with Gasteiger partial charge < -0.3 is 5.11 Å². The molecule has 0 bridgehead atoms. The molecule has 1 fully saturated rings. The molecule has 5 nitrogen and oxygen atoms in total. The van der Waals surface area contributed by atoms with Gasteiger partial charge in [-0.15, -0.1) is 4.91 Å². The SMILES string of the molecule is CC1(C)CCC(C(O)c2cccc(C#N)c2)N1N=O. The van der Waals surface area contributed by atoms with Crippen LogP contribution in [-0.2, 0) is 0 Å². The summed E-state index contributed by atoms with van der Waals surface area (Å²) in [5.74, 6) is 0. The van der Waals surface area contributed by atoms with Gasteiger partial charge in [0.1, 0.15) is 6.10 Å². The van der Waals surface area contributed by atoms with Gasteiger partial charge in [0.05, 0.1) is 28.5 Å². The van der Waals surface area contributed by atoms with Crippen molar-refractivity contribution in [2.45, 2.75) is 44.4 Å². The lowest BCUT2D eigenvalue weighted by atomic mass is 9.99. The number of aliphatic hydroxyl groups excluding tert-OH is 1. The summed E-state index contributed by atoms with van der Waals surface area (Å²) in [6.45, 7) is 3.87. The van der Waals surface area contributed by atoms with Gasteiger partial charge in [0, 0.05) is 0 Å². The molecule has 19 heavy (non-hydrogen) atoms. The van der Waals surface area contributed by atoms with Crippen molar-refractivity contribution < 1.29 is 5.11 Å². The third-order valence-electron chi connectivity index (χ3n) is 3.80. The molecule has 1 N–H and O–H groups in total. The van der Waals surface area contributed by atoms with E-state index in [4.69, 9.17) is 5.26 Å². The van der Waals surface area contributed by atoms with Crippen molar-refractivity contribution in [3.8, 4) is 6.07 Å². The molecule has 0 spiro atoms. The number of nitriles is 1. The number of hydrogen-bond acceptors (Lipinski definition) is 4. The molecule has 1 aromatic carbocycles. The molecule has 1 saturated heterocycles. The summed E-state index contributed by atoms with van der Waals surface area (Å²) in [4.78, 5) is 11.0. The highest BCUT2D eigenvalue weighted by Crippen LogP contribution is 2.39. The molecule has 1 aliphatic heterocycles. The van der Waals surface area contributed by atoms with Crippen LogP contribution in [0, 0.1) is 16.2 Å². The van der Waals surface area contributed by atoms with Gasteiger partial charge in [-0.2, -0.15) is 5.26 Å². The minimum Gasteiger partial charge on any atom is -0.386 e. The Bertz CT molecular complexity index is 522. The fourth-order valence-electron chi connectivity index (χ4n) is 2.66. The molecule has 100 valence electrons. The Balaban J connectivity index is 2.27. The Morgan fingerprint density at radius 1 is 1.58 bits per heavy atom. The van der Waals surface area contributed by atoms with Gasteiger partial charge in [0.25, 0.3) is 0 Å². The molecule has 5 heteroatoms. The smallest absolute Gasteiger partial charge is 0.101 e. The Morgan fingerprint density at radius 2 is 2.32 bits per heavy atom. The first-order chi connectivity index (χ1) is 8.99. The molecule has 2 atom stereocenters. The van der Waals surface area contributed by atoms with E-state index in [-0.39, 0.29) is 11.6 Å². The summed E-state index contributed by atoms with van der Waals surface area (Å²) in [6, 6.07) is 8.54. The van der Waals surface area contributed by atoms with E-state index in [0.29, 0.717) is 17.5 Å². The van der Waals surface area contributed by atoms with Crippen LogP contribution in [0.4, 0.5) is 0 Å². The lowest BCUT2D eigenvalue weighted by molar-refractivity contribution is 0.0338. The van der Waals surface area contributed by atoms with Crippen molar-refractivity contribution in [1.82, 2.24) is 5.01 Å². The van der Waals surface area contributed by atoms with Crippen LogP contribution in [0.3, 0.4) is 0 Å². The number of nitroso groups, excluding NO2 is 1. The Labute approximate surface area is 112 Å². The van der Waals surface area contributed by atoms with Crippen LogP contribution in [0.15, 0.2) is 29.6 Å². The summed E-state index contributed by atoms with van der Waals surface area (Å²) in [5, 5.41) is 23.8. The molecule has 0 radical (unpaired) electrons. The molecule has 1 aliphatic rings. The minimum absolute atomic E-state index is 0.332. The lowest BCUT2D eigenvalue weighted by Crippen LogP contribution is -2.41. The van der Waals surface area contributed by atoms with Crippen molar-refractivity contribution in [3.05, 3.63) is 40.3 Å². The first-order valence-electron chi connectivity index (χ1n) is 6.30. The Kier molecular flexibility index (Phi) is 3.54. The monoisotopic (exact) mass is 259 g/mol. The largest absolute Gasteiger partial charge is 0.386 e. The van der Waals surface area contributed by atoms with Crippen LogP contribution >= 0.6 is 0 Å². The first kappa shape index (κ1) is 13.5. The number of rotatable bonds is 3. The average molecular weight is 259 g/mol. The van der Waals surface area contributed by atoms with E-state index in [9.17, 15) is 10.0 Å². The summed E-state index contributed by atoms with van der Waals surface area (Å²) >= 11 is 0. The number of hydrogen-bond donors (Lipinski definition) is 1. The normalized spacial score (nSPS) is 22.8. The fourth-order valence-corrected chi connectivity index (χ4v) is 2.66. The maximum absolute atomic E-state index is 11.0. The van der Waals surface area contributed by atoms with Crippen molar-refractivity contribution >= 4 is 0 Å². The Morgan fingerprint density at radius 3 is 2.95 bits per heavy atom. The van der Waals surface area contributed by atoms with Crippen molar-refractivity contribution in [2.75, 3.05) is 0 Å². The van der Waals surface area contributed by atoms with E-state index in [1.165, 1.54) is 5.01 Å². The molecule has 0 aliphatic carbocycles. The van der Waals surface area contributed by atoms with Crippen LogP contribution in [0.5, 0.6) is 0 Å². The van der Waals surface area contributed by atoms with Crippen LogP contribution in [0.1, 0.15) is 43.9 Å². The van der Waals surface area contributed by atoms with Crippen molar-refractivity contribution in [2.24, 2.45) is 5.29 Å². The van der Waals surface area contributed by atoms with Gasteiger partial charge in [-0.05, 0) is 44.4 Å². The zero-order valence-electron chi connectivity index (χ0n) is 11.1. The molecule has 2 rings (SSSR count). The quantitative estimate of drug-likeness (QED) is 0.846.